The summed E-state index contributed by atoms with van der Waals surface area (Å²) < 4.78 is 0. The number of anilines is 1. The van der Waals surface area contributed by atoms with Gasteiger partial charge in [0.1, 0.15) is 6.07 Å². The molecule has 0 spiro atoms. The van der Waals surface area contributed by atoms with Gasteiger partial charge in [-0.25, -0.2) is 0 Å². The minimum absolute atomic E-state index is 0.522. The minimum atomic E-state index is 0.522. The summed E-state index contributed by atoms with van der Waals surface area (Å²) >= 11 is 7.94. The summed E-state index contributed by atoms with van der Waals surface area (Å²) in [6, 6.07) is 8.14. The molecule has 17 heavy (non-hydrogen) atoms. The number of rotatable bonds is 3. The molecule has 0 heterocycles. The maximum atomic E-state index is 8.82. The van der Waals surface area contributed by atoms with Crippen molar-refractivity contribution in [3.8, 4) is 6.07 Å². The molecular weight excluding hydrogens is 252 g/mol. The van der Waals surface area contributed by atoms with Gasteiger partial charge in [0.15, 0.2) is 0 Å². The van der Waals surface area contributed by atoms with Crippen LogP contribution in [0.4, 0.5) is 5.69 Å². The molecule has 0 amide bonds. The molecule has 0 radical (unpaired) electrons. The van der Waals surface area contributed by atoms with Gasteiger partial charge >= 0.3 is 0 Å². The molecular formula is C13H15ClN2S. The third-order valence-electron chi connectivity index (χ3n) is 3.20. The summed E-state index contributed by atoms with van der Waals surface area (Å²) in [6.45, 7) is 0. The normalized spacial score (nSPS) is 23.4. The van der Waals surface area contributed by atoms with Gasteiger partial charge in [-0.2, -0.15) is 17.0 Å². The predicted octanol–water partition coefficient (Wildman–Crippen LogP) is 3.91. The number of halogens is 1. The maximum absolute atomic E-state index is 8.82. The Kier molecular flexibility index (Phi) is 4.20. The van der Waals surface area contributed by atoms with Crippen molar-refractivity contribution < 1.29 is 0 Å². The number of hydrogen-bond donors (Lipinski definition) is 1. The third kappa shape index (κ3) is 2.88. The molecule has 0 saturated heterocycles. The molecule has 1 N–H and O–H groups in total. The van der Waals surface area contributed by atoms with Crippen LogP contribution in [0.5, 0.6) is 0 Å². The average molecular weight is 267 g/mol. The topological polar surface area (TPSA) is 35.8 Å². The van der Waals surface area contributed by atoms with Crippen LogP contribution >= 0.6 is 23.4 Å². The van der Waals surface area contributed by atoms with E-state index in [1.54, 1.807) is 6.07 Å². The monoisotopic (exact) mass is 266 g/mol. The van der Waals surface area contributed by atoms with Gasteiger partial charge in [0.25, 0.3) is 0 Å². The Balaban J connectivity index is 2.09. The zero-order valence-corrected chi connectivity index (χ0v) is 11.3. The first kappa shape index (κ1) is 12.6. The molecule has 2 rings (SSSR count). The predicted molar refractivity (Wildman–Crippen MR) is 74.7 cm³/mol. The lowest BCUT2D eigenvalue weighted by Gasteiger charge is -2.20. The standard InChI is InChI=1S/C13H15ClN2S/c1-17-13-4-2-3-12(13)16-10-6-5-9(8-15)11(14)7-10/h5-7,12-13,16H,2-4H2,1H3. The zero-order chi connectivity index (χ0) is 12.3. The highest BCUT2D eigenvalue weighted by atomic mass is 35.5. The van der Waals surface area contributed by atoms with Crippen molar-refractivity contribution >= 4 is 29.1 Å². The van der Waals surface area contributed by atoms with Gasteiger partial charge in [-0.3, -0.25) is 0 Å². The van der Waals surface area contributed by atoms with Gasteiger partial charge < -0.3 is 5.32 Å². The minimum Gasteiger partial charge on any atom is -0.381 e. The van der Waals surface area contributed by atoms with Crippen LogP contribution in [0.1, 0.15) is 24.8 Å². The lowest BCUT2D eigenvalue weighted by molar-refractivity contribution is 0.769. The van der Waals surface area contributed by atoms with Crippen LogP contribution in [0, 0.1) is 11.3 Å². The lowest BCUT2D eigenvalue weighted by Crippen LogP contribution is -2.25. The van der Waals surface area contributed by atoms with Crippen molar-refractivity contribution in [1.29, 1.82) is 5.26 Å². The Morgan fingerprint density at radius 3 is 2.94 bits per heavy atom. The van der Waals surface area contributed by atoms with Gasteiger partial charge in [0, 0.05) is 17.0 Å². The molecule has 2 atom stereocenters. The van der Waals surface area contributed by atoms with Crippen LogP contribution in [0.15, 0.2) is 18.2 Å². The van der Waals surface area contributed by atoms with Crippen molar-refractivity contribution in [3.63, 3.8) is 0 Å². The quantitative estimate of drug-likeness (QED) is 0.901. The molecule has 2 nitrogen and oxygen atoms in total. The molecule has 1 aliphatic rings. The zero-order valence-electron chi connectivity index (χ0n) is 9.74. The van der Waals surface area contributed by atoms with E-state index in [4.69, 9.17) is 16.9 Å². The lowest BCUT2D eigenvalue weighted by atomic mass is 10.2. The van der Waals surface area contributed by atoms with Crippen LogP contribution in [0.25, 0.3) is 0 Å². The number of nitriles is 1. The molecule has 1 aromatic carbocycles. The van der Waals surface area contributed by atoms with Crippen molar-refractivity contribution in [3.05, 3.63) is 28.8 Å². The van der Waals surface area contributed by atoms with Gasteiger partial charge in [-0.05, 0) is 37.3 Å². The van der Waals surface area contributed by atoms with Crippen molar-refractivity contribution in [2.24, 2.45) is 0 Å². The molecule has 1 saturated carbocycles. The van der Waals surface area contributed by atoms with Crippen molar-refractivity contribution in [2.45, 2.75) is 30.6 Å². The second kappa shape index (κ2) is 5.66. The fourth-order valence-electron chi connectivity index (χ4n) is 2.28. The summed E-state index contributed by atoms with van der Waals surface area (Å²) in [4.78, 5) is 0. The summed E-state index contributed by atoms with van der Waals surface area (Å²) in [5.74, 6) is 0. The average Bonchev–Trinajstić information content (AvgIpc) is 2.76. The first-order valence-corrected chi connectivity index (χ1v) is 7.40. The fraction of sp³-hybridized carbons (Fsp3) is 0.462. The molecule has 4 heteroatoms. The maximum Gasteiger partial charge on any atom is 0.101 e. The number of nitrogens with zero attached hydrogens (tertiary/aromatic N) is 1. The van der Waals surface area contributed by atoms with E-state index in [9.17, 15) is 0 Å². The Morgan fingerprint density at radius 2 is 2.29 bits per heavy atom. The first-order chi connectivity index (χ1) is 8.24. The fourth-order valence-corrected chi connectivity index (χ4v) is 3.44. The van der Waals surface area contributed by atoms with Crippen LogP contribution in [-0.2, 0) is 0 Å². The number of nitrogens with one attached hydrogen (secondary N) is 1. The molecule has 1 aliphatic carbocycles. The molecule has 0 bridgehead atoms. The SMILES string of the molecule is CSC1CCCC1Nc1ccc(C#N)c(Cl)c1. The van der Waals surface area contributed by atoms with E-state index < -0.39 is 0 Å². The molecule has 0 aromatic heterocycles. The highest BCUT2D eigenvalue weighted by molar-refractivity contribution is 7.99. The van der Waals surface area contributed by atoms with E-state index >= 15 is 0 Å². The summed E-state index contributed by atoms with van der Waals surface area (Å²) in [7, 11) is 0. The Bertz CT molecular complexity index is 442. The highest BCUT2D eigenvalue weighted by Crippen LogP contribution is 2.31. The van der Waals surface area contributed by atoms with E-state index in [0.717, 1.165) is 5.69 Å². The number of benzene rings is 1. The molecule has 0 aliphatic heterocycles. The third-order valence-corrected chi connectivity index (χ3v) is 4.68. The van der Waals surface area contributed by atoms with Crippen LogP contribution < -0.4 is 5.32 Å². The molecule has 1 fully saturated rings. The first-order valence-electron chi connectivity index (χ1n) is 5.73. The second-order valence-electron chi connectivity index (χ2n) is 4.26. The molecule has 2 unspecified atom stereocenters. The van der Waals surface area contributed by atoms with Gasteiger partial charge in [-0.15, -0.1) is 0 Å². The van der Waals surface area contributed by atoms with Crippen LogP contribution in [0.3, 0.4) is 0 Å². The van der Waals surface area contributed by atoms with Gasteiger partial charge in [-0.1, -0.05) is 18.0 Å². The van der Waals surface area contributed by atoms with E-state index in [2.05, 4.69) is 17.6 Å². The largest absolute Gasteiger partial charge is 0.381 e. The van der Waals surface area contributed by atoms with Crippen molar-refractivity contribution in [1.82, 2.24) is 0 Å². The Hall–Kier alpha value is -0.850. The second-order valence-corrected chi connectivity index (χ2v) is 5.75. The molecule has 1 aromatic rings. The highest BCUT2D eigenvalue weighted by Gasteiger charge is 2.26. The van der Waals surface area contributed by atoms with Crippen LogP contribution in [0.2, 0.25) is 5.02 Å². The number of thioether (sulfide) groups is 1. The van der Waals surface area contributed by atoms with Gasteiger partial charge in [0.2, 0.25) is 0 Å². The molecule has 90 valence electrons. The Morgan fingerprint density at radius 1 is 1.47 bits per heavy atom. The summed E-state index contributed by atoms with van der Waals surface area (Å²) in [6.07, 6.45) is 5.94. The summed E-state index contributed by atoms with van der Waals surface area (Å²) in [5, 5.41) is 13.5. The van der Waals surface area contributed by atoms with E-state index in [1.165, 1.54) is 19.3 Å². The Labute approximate surface area is 111 Å². The van der Waals surface area contributed by atoms with E-state index in [-0.39, 0.29) is 0 Å². The number of hydrogen-bond acceptors (Lipinski definition) is 3. The summed E-state index contributed by atoms with van der Waals surface area (Å²) in [5.41, 5.74) is 1.55. The van der Waals surface area contributed by atoms with E-state index in [0.29, 0.717) is 21.9 Å². The van der Waals surface area contributed by atoms with Crippen LogP contribution in [-0.4, -0.2) is 17.5 Å². The smallest absolute Gasteiger partial charge is 0.101 e. The van der Waals surface area contributed by atoms with E-state index in [1.807, 2.05) is 23.9 Å². The van der Waals surface area contributed by atoms with Crippen molar-refractivity contribution in [2.75, 3.05) is 11.6 Å². The van der Waals surface area contributed by atoms with Gasteiger partial charge in [0.05, 0.1) is 10.6 Å².